The molecule has 0 aromatic rings. The molecule has 3 atom stereocenters. The molecule has 0 saturated carbocycles. The first-order valence-corrected chi connectivity index (χ1v) is 6.54. The van der Waals surface area contributed by atoms with Crippen LogP contribution in [0.3, 0.4) is 0 Å². The summed E-state index contributed by atoms with van der Waals surface area (Å²) in [6, 6.07) is 0. The molecule has 0 aromatic heterocycles. The first-order valence-electron chi connectivity index (χ1n) is 6.54. The first-order chi connectivity index (χ1) is 6.54. The van der Waals surface area contributed by atoms with Crippen molar-refractivity contribution in [1.29, 1.82) is 0 Å². The van der Waals surface area contributed by atoms with Crippen LogP contribution in [0.5, 0.6) is 0 Å². The second-order valence-electron chi connectivity index (χ2n) is 5.27. The fourth-order valence-electron chi connectivity index (χ4n) is 2.34. The predicted molar refractivity (Wildman–Crippen MR) is 66.5 cm³/mol. The quantitative estimate of drug-likeness (QED) is 0.532. The summed E-state index contributed by atoms with van der Waals surface area (Å²) in [7, 11) is 0. The van der Waals surface area contributed by atoms with E-state index in [0.29, 0.717) is 0 Å². The SMILES string of the molecule is CCCCC(CC)C(C)C(C)C(C)C. The Bertz CT molecular complexity index is 126. The van der Waals surface area contributed by atoms with Gasteiger partial charge in [-0.25, -0.2) is 0 Å². The highest BCUT2D eigenvalue weighted by atomic mass is 14.3. The highest BCUT2D eigenvalue weighted by Gasteiger charge is 2.22. The van der Waals surface area contributed by atoms with Gasteiger partial charge >= 0.3 is 0 Å². The number of hydrogen-bond donors (Lipinski definition) is 0. The van der Waals surface area contributed by atoms with E-state index in [2.05, 4.69) is 41.5 Å². The van der Waals surface area contributed by atoms with Crippen molar-refractivity contribution in [3.63, 3.8) is 0 Å². The molecule has 0 aliphatic heterocycles. The van der Waals surface area contributed by atoms with Crippen LogP contribution in [0.2, 0.25) is 0 Å². The van der Waals surface area contributed by atoms with Crippen LogP contribution in [0.15, 0.2) is 0 Å². The largest absolute Gasteiger partial charge is 0.0654 e. The Labute approximate surface area is 91.5 Å². The van der Waals surface area contributed by atoms with Crippen molar-refractivity contribution in [2.75, 3.05) is 0 Å². The highest BCUT2D eigenvalue weighted by Crippen LogP contribution is 2.31. The van der Waals surface area contributed by atoms with E-state index in [9.17, 15) is 0 Å². The Balaban J connectivity index is 4.08. The van der Waals surface area contributed by atoms with Gasteiger partial charge in [0.25, 0.3) is 0 Å². The average molecular weight is 198 g/mol. The molecule has 0 heterocycles. The van der Waals surface area contributed by atoms with E-state index in [4.69, 9.17) is 0 Å². The molecule has 0 heteroatoms. The maximum absolute atomic E-state index is 2.45. The van der Waals surface area contributed by atoms with E-state index in [-0.39, 0.29) is 0 Å². The van der Waals surface area contributed by atoms with Gasteiger partial charge in [-0.2, -0.15) is 0 Å². The Morgan fingerprint density at radius 3 is 1.79 bits per heavy atom. The zero-order valence-corrected chi connectivity index (χ0v) is 11.1. The fraction of sp³-hybridized carbons (Fsp3) is 1.00. The molecule has 0 saturated heterocycles. The van der Waals surface area contributed by atoms with Crippen LogP contribution in [-0.4, -0.2) is 0 Å². The summed E-state index contributed by atoms with van der Waals surface area (Å²) in [5.41, 5.74) is 0. The number of unbranched alkanes of at least 4 members (excludes halogenated alkanes) is 1. The van der Waals surface area contributed by atoms with Gasteiger partial charge in [-0.1, -0.05) is 67.2 Å². The molecular formula is C14H30. The van der Waals surface area contributed by atoms with Gasteiger partial charge in [0.2, 0.25) is 0 Å². The third-order valence-electron chi connectivity index (χ3n) is 4.08. The van der Waals surface area contributed by atoms with E-state index in [1.165, 1.54) is 25.7 Å². The zero-order valence-electron chi connectivity index (χ0n) is 11.1. The van der Waals surface area contributed by atoms with Gasteiger partial charge in [0.1, 0.15) is 0 Å². The molecule has 0 fully saturated rings. The molecule has 0 nitrogen and oxygen atoms in total. The lowest BCUT2D eigenvalue weighted by Crippen LogP contribution is -2.22. The fourth-order valence-corrected chi connectivity index (χ4v) is 2.34. The first kappa shape index (κ1) is 14.0. The van der Waals surface area contributed by atoms with E-state index >= 15 is 0 Å². The Morgan fingerprint density at radius 2 is 1.43 bits per heavy atom. The van der Waals surface area contributed by atoms with Gasteiger partial charge in [0.15, 0.2) is 0 Å². The van der Waals surface area contributed by atoms with Crippen LogP contribution in [0.1, 0.15) is 67.2 Å². The summed E-state index contributed by atoms with van der Waals surface area (Å²) in [4.78, 5) is 0. The minimum Gasteiger partial charge on any atom is -0.0654 e. The maximum Gasteiger partial charge on any atom is -0.0386 e. The van der Waals surface area contributed by atoms with Crippen LogP contribution in [-0.2, 0) is 0 Å². The second kappa shape index (κ2) is 7.31. The molecule has 0 aliphatic carbocycles. The molecule has 14 heavy (non-hydrogen) atoms. The third kappa shape index (κ3) is 4.48. The van der Waals surface area contributed by atoms with Gasteiger partial charge in [0.05, 0.1) is 0 Å². The van der Waals surface area contributed by atoms with Gasteiger partial charge in [0, 0.05) is 0 Å². The van der Waals surface area contributed by atoms with E-state index in [1.54, 1.807) is 0 Å². The highest BCUT2D eigenvalue weighted by molar-refractivity contribution is 4.72. The molecule has 0 aliphatic rings. The predicted octanol–water partition coefficient (Wildman–Crippen LogP) is 5.13. The van der Waals surface area contributed by atoms with Gasteiger partial charge in [-0.3, -0.25) is 0 Å². The van der Waals surface area contributed by atoms with Gasteiger partial charge in [-0.15, -0.1) is 0 Å². The summed E-state index contributed by atoms with van der Waals surface area (Å²) in [6.45, 7) is 14.2. The Hall–Kier alpha value is 0. The summed E-state index contributed by atoms with van der Waals surface area (Å²) < 4.78 is 0. The van der Waals surface area contributed by atoms with Crippen LogP contribution < -0.4 is 0 Å². The second-order valence-corrected chi connectivity index (χ2v) is 5.27. The van der Waals surface area contributed by atoms with Crippen LogP contribution in [0.25, 0.3) is 0 Å². The lowest BCUT2D eigenvalue weighted by Gasteiger charge is -2.30. The van der Waals surface area contributed by atoms with Crippen LogP contribution in [0.4, 0.5) is 0 Å². The van der Waals surface area contributed by atoms with Crippen LogP contribution >= 0.6 is 0 Å². The van der Waals surface area contributed by atoms with E-state index in [1.807, 2.05) is 0 Å². The van der Waals surface area contributed by atoms with Crippen molar-refractivity contribution in [3.05, 3.63) is 0 Å². The van der Waals surface area contributed by atoms with Gasteiger partial charge < -0.3 is 0 Å². The third-order valence-corrected chi connectivity index (χ3v) is 4.08. The molecule has 0 radical (unpaired) electrons. The molecule has 0 rings (SSSR count). The minimum absolute atomic E-state index is 0.834. The zero-order chi connectivity index (χ0) is 11.1. The van der Waals surface area contributed by atoms with Crippen molar-refractivity contribution in [3.8, 4) is 0 Å². The lowest BCUT2D eigenvalue weighted by molar-refractivity contribution is 0.194. The smallest absolute Gasteiger partial charge is 0.0386 e. The molecule has 0 N–H and O–H groups in total. The van der Waals surface area contributed by atoms with Crippen molar-refractivity contribution in [2.45, 2.75) is 67.2 Å². The minimum atomic E-state index is 0.834. The molecular weight excluding hydrogens is 168 g/mol. The van der Waals surface area contributed by atoms with E-state index < -0.39 is 0 Å². The van der Waals surface area contributed by atoms with Crippen molar-refractivity contribution < 1.29 is 0 Å². The van der Waals surface area contributed by atoms with Crippen molar-refractivity contribution >= 4 is 0 Å². The summed E-state index contributed by atoms with van der Waals surface area (Å²) in [5, 5.41) is 0. The average Bonchev–Trinajstić information content (AvgIpc) is 2.17. The van der Waals surface area contributed by atoms with Crippen molar-refractivity contribution in [2.24, 2.45) is 23.7 Å². The summed E-state index contributed by atoms with van der Waals surface area (Å²) >= 11 is 0. The number of hydrogen-bond acceptors (Lipinski definition) is 0. The molecule has 0 aromatic carbocycles. The standard InChI is InChI=1S/C14H30/c1-7-9-10-14(8-2)13(6)12(5)11(3)4/h11-14H,7-10H2,1-6H3. The molecule has 86 valence electrons. The molecule has 0 amide bonds. The lowest BCUT2D eigenvalue weighted by atomic mass is 9.75. The molecule has 0 bridgehead atoms. The molecule has 3 unspecified atom stereocenters. The van der Waals surface area contributed by atoms with E-state index in [0.717, 1.165) is 23.7 Å². The summed E-state index contributed by atoms with van der Waals surface area (Å²) in [6.07, 6.45) is 5.55. The normalized spacial score (nSPS) is 18.2. The Morgan fingerprint density at radius 1 is 0.857 bits per heavy atom. The Kier molecular flexibility index (Phi) is 7.31. The van der Waals surface area contributed by atoms with Gasteiger partial charge in [-0.05, 0) is 23.7 Å². The van der Waals surface area contributed by atoms with Crippen LogP contribution in [0, 0.1) is 23.7 Å². The maximum atomic E-state index is 2.45. The topological polar surface area (TPSA) is 0 Å². The van der Waals surface area contributed by atoms with Crippen molar-refractivity contribution in [1.82, 2.24) is 0 Å². The number of rotatable bonds is 7. The molecule has 0 spiro atoms. The monoisotopic (exact) mass is 198 g/mol. The summed E-state index contributed by atoms with van der Waals surface area (Å²) in [5.74, 6) is 3.55.